The number of hydrogen-bond donors (Lipinski definition) is 2. The van der Waals surface area contributed by atoms with E-state index >= 15 is 0 Å². The Morgan fingerprint density at radius 3 is 2.79 bits per heavy atom. The van der Waals surface area contributed by atoms with Crippen LogP contribution in [0.5, 0.6) is 0 Å². The molecule has 1 unspecified atom stereocenters. The molecule has 0 aliphatic heterocycles. The molecule has 1 atom stereocenters. The Labute approximate surface area is 116 Å². The molecule has 19 heavy (non-hydrogen) atoms. The summed E-state index contributed by atoms with van der Waals surface area (Å²) in [5, 5.41) is 15.1. The lowest BCUT2D eigenvalue weighted by Crippen LogP contribution is -2.40. The van der Waals surface area contributed by atoms with Crippen molar-refractivity contribution in [1.82, 2.24) is 9.78 Å². The van der Waals surface area contributed by atoms with Crippen molar-refractivity contribution in [3.8, 4) is 0 Å². The highest BCUT2D eigenvalue weighted by atomic mass is 16.3. The maximum Gasteiger partial charge on any atom is 0.0825 e. The Kier molecular flexibility index (Phi) is 4.99. The van der Waals surface area contributed by atoms with Gasteiger partial charge in [0.25, 0.3) is 0 Å². The van der Waals surface area contributed by atoms with Gasteiger partial charge in [-0.2, -0.15) is 5.10 Å². The molecule has 1 aliphatic rings. The summed E-state index contributed by atoms with van der Waals surface area (Å²) in [6.07, 6.45) is 10.7. The highest BCUT2D eigenvalue weighted by Gasteiger charge is 2.26. The second-order valence-electron chi connectivity index (χ2n) is 5.93. The summed E-state index contributed by atoms with van der Waals surface area (Å²) in [5.74, 6) is 0. The van der Waals surface area contributed by atoms with Crippen molar-refractivity contribution in [2.45, 2.75) is 69.9 Å². The van der Waals surface area contributed by atoms with E-state index in [2.05, 4.69) is 22.9 Å². The minimum Gasteiger partial charge on any atom is -0.388 e. The Bertz CT molecular complexity index is 384. The zero-order chi connectivity index (χ0) is 13.7. The highest BCUT2D eigenvalue weighted by Crippen LogP contribution is 2.28. The Morgan fingerprint density at radius 2 is 2.16 bits per heavy atom. The second kappa shape index (κ2) is 6.53. The molecule has 4 nitrogen and oxygen atoms in total. The molecule has 4 heteroatoms. The van der Waals surface area contributed by atoms with E-state index in [9.17, 15) is 5.11 Å². The van der Waals surface area contributed by atoms with Crippen molar-refractivity contribution in [1.29, 1.82) is 0 Å². The Hall–Kier alpha value is -0.870. The molecule has 0 amide bonds. The van der Waals surface area contributed by atoms with Crippen LogP contribution in [0.3, 0.4) is 0 Å². The average molecular weight is 265 g/mol. The Morgan fingerprint density at radius 1 is 1.42 bits per heavy atom. The van der Waals surface area contributed by atoms with E-state index < -0.39 is 5.60 Å². The van der Waals surface area contributed by atoms with Crippen molar-refractivity contribution in [2.24, 2.45) is 5.73 Å². The molecule has 0 saturated heterocycles. The minimum absolute atomic E-state index is 0.303. The van der Waals surface area contributed by atoms with E-state index in [1.807, 2.05) is 6.07 Å². The maximum atomic E-state index is 10.4. The van der Waals surface area contributed by atoms with Gasteiger partial charge in [-0.05, 0) is 25.3 Å². The van der Waals surface area contributed by atoms with Gasteiger partial charge in [0, 0.05) is 19.2 Å². The highest BCUT2D eigenvalue weighted by molar-refractivity contribution is 5.05. The van der Waals surface area contributed by atoms with Crippen LogP contribution in [0, 0.1) is 0 Å². The van der Waals surface area contributed by atoms with Gasteiger partial charge in [0.05, 0.1) is 17.3 Å². The van der Waals surface area contributed by atoms with Crippen LogP contribution in [0.15, 0.2) is 12.3 Å². The monoisotopic (exact) mass is 265 g/mol. The van der Waals surface area contributed by atoms with Crippen LogP contribution in [-0.4, -0.2) is 27.0 Å². The third-order valence-corrected chi connectivity index (χ3v) is 4.22. The minimum atomic E-state index is -0.791. The molecule has 1 aromatic rings. The predicted molar refractivity (Wildman–Crippen MR) is 77.0 cm³/mol. The normalized spacial score (nSPS) is 20.4. The van der Waals surface area contributed by atoms with Crippen molar-refractivity contribution < 1.29 is 5.11 Å². The van der Waals surface area contributed by atoms with Crippen LogP contribution in [0.4, 0.5) is 0 Å². The lowest BCUT2D eigenvalue weighted by atomic mass is 9.93. The first-order chi connectivity index (χ1) is 9.17. The fraction of sp³-hybridized carbons (Fsp3) is 0.800. The number of hydrogen-bond acceptors (Lipinski definition) is 3. The number of aliphatic hydroxyl groups is 1. The molecule has 0 bridgehead atoms. The van der Waals surface area contributed by atoms with E-state index in [0.29, 0.717) is 19.0 Å². The van der Waals surface area contributed by atoms with Gasteiger partial charge in [-0.15, -0.1) is 0 Å². The average Bonchev–Trinajstić information content (AvgIpc) is 2.88. The predicted octanol–water partition coefficient (Wildman–Crippen LogP) is 2.42. The lowest BCUT2D eigenvalue weighted by molar-refractivity contribution is 0.0387. The van der Waals surface area contributed by atoms with Crippen molar-refractivity contribution in [3.05, 3.63) is 18.0 Å². The molecule has 0 spiro atoms. The van der Waals surface area contributed by atoms with Gasteiger partial charge in [-0.1, -0.05) is 32.6 Å². The topological polar surface area (TPSA) is 64.1 Å². The maximum absolute atomic E-state index is 10.4. The van der Waals surface area contributed by atoms with E-state index in [0.717, 1.165) is 18.5 Å². The molecule has 3 N–H and O–H groups in total. The fourth-order valence-electron chi connectivity index (χ4n) is 3.09. The number of aromatic nitrogens is 2. The van der Waals surface area contributed by atoms with Gasteiger partial charge in [-0.25, -0.2) is 0 Å². The fourth-order valence-corrected chi connectivity index (χ4v) is 3.09. The number of nitrogens with two attached hydrogens (primary N) is 1. The molecule has 1 aliphatic carbocycles. The third-order valence-electron chi connectivity index (χ3n) is 4.22. The van der Waals surface area contributed by atoms with E-state index in [-0.39, 0.29) is 0 Å². The molecule has 1 heterocycles. The lowest BCUT2D eigenvalue weighted by Gasteiger charge is -2.25. The number of rotatable bonds is 6. The first kappa shape index (κ1) is 14.5. The van der Waals surface area contributed by atoms with Crippen molar-refractivity contribution in [2.75, 3.05) is 6.54 Å². The van der Waals surface area contributed by atoms with Gasteiger partial charge < -0.3 is 10.8 Å². The summed E-state index contributed by atoms with van der Waals surface area (Å²) < 4.78 is 2.09. The van der Waals surface area contributed by atoms with E-state index in [4.69, 9.17) is 5.73 Å². The number of nitrogens with zero attached hydrogens (tertiary/aromatic N) is 2. The first-order valence-corrected chi connectivity index (χ1v) is 7.63. The molecule has 0 aromatic carbocycles. The van der Waals surface area contributed by atoms with Crippen LogP contribution in [0.1, 0.15) is 63.6 Å². The van der Waals surface area contributed by atoms with Gasteiger partial charge >= 0.3 is 0 Å². The SMILES string of the molecule is CCCC(O)(CN)Cc1ccn(C2CCCCC2)n1. The zero-order valence-electron chi connectivity index (χ0n) is 12.0. The molecule has 2 rings (SSSR count). The summed E-state index contributed by atoms with van der Waals surface area (Å²) in [7, 11) is 0. The van der Waals surface area contributed by atoms with Crippen LogP contribution in [-0.2, 0) is 6.42 Å². The van der Waals surface area contributed by atoms with Gasteiger partial charge in [-0.3, -0.25) is 4.68 Å². The third kappa shape index (κ3) is 3.80. The second-order valence-corrected chi connectivity index (χ2v) is 5.93. The smallest absolute Gasteiger partial charge is 0.0825 e. The molecule has 108 valence electrons. The first-order valence-electron chi connectivity index (χ1n) is 7.63. The summed E-state index contributed by atoms with van der Waals surface area (Å²) in [4.78, 5) is 0. The summed E-state index contributed by atoms with van der Waals surface area (Å²) in [6, 6.07) is 2.59. The van der Waals surface area contributed by atoms with Crippen molar-refractivity contribution in [3.63, 3.8) is 0 Å². The zero-order valence-corrected chi connectivity index (χ0v) is 12.0. The molecular formula is C15H27N3O. The van der Waals surface area contributed by atoms with E-state index in [1.165, 1.54) is 32.1 Å². The summed E-state index contributed by atoms with van der Waals surface area (Å²) >= 11 is 0. The molecule has 1 fully saturated rings. The standard InChI is InChI=1S/C15H27N3O/c1-2-9-15(19,12-16)11-13-8-10-18(17-13)14-6-4-3-5-7-14/h8,10,14,19H,2-7,9,11-12,16H2,1H3. The van der Waals surface area contributed by atoms with Gasteiger partial charge in [0.15, 0.2) is 0 Å². The molecule has 0 radical (unpaired) electrons. The van der Waals surface area contributed by atoms with Gasteiger partial charge in [0.2, 0.25) is 0 Å². The molecule has 1 aromatic heterocycles. The van der Waals surface area contributed by atoms with Crippen LogP contribution >= 0.6 is 0 Å². The largest absolute Gasteiger partial charge is 0.388 e. The van der Waals surface area contributed by atoms with E-state index in [1.54, 1.807) is 0 Å². The summed E-state index contributed by atoms with van der Waals surface area (Å²) in [5.41, 5.74) is 5.88. The van der Waals surface area contributed by atoms with Crippen molar-refractivity contribution >= 4 is 0 Å². The summed E-state index contributed by atoms with van der Waals surface area (Å²) in [6.45, 7) is 2.37. The quantitative estimate of drug-likeness (QED) is 0.830. The molecular weight excluding hydrogens is 238 g/mol. The van der Waals surface area contributed by atoms with Crippen LogP contribution in [0.2, 0.25) is 0 Å². The molecule has 1 saturated carbocycles. The van der Waals surface area contributed by atoms with Gasteiger partial charge in [0.1, 0.15) is 0 Å². The Balaban J connectivity index is 1.99. The van der Waals surface area contributed by atoms with Crippen LogP contribution in [0.25, 0.3) is 0 Å². The van der Waals surface area contributed by atoms with Crippen LogP contribution < -0.4 is 5.73 Å².